The SMILES string of the molecule is COC(=O)c1cc(COC(=O)/C=C/c2nc3ccccc3o2)oc1C. The van der Waals surface area contributed by atoms with Crippen molar-refractivity contribution in [2.24, 2.45) is 0 Å². The van der Waals surface area contributed by atoms with Crippen LogP contribution in [0.15, 0.2) is 45.2 Å². The average Bonchev–Trinajstić information content (AvgIpc) is 3.20. The highest BCUT2D eigenvalue weighted by molar-refractivity contribution is 5.90. The molecule has 0 aliphatic carbocycles. The van der Waals surface area contributed by atoms with Crippen LogP contribution in [0.4, 0.5) is 0 Å². The third-order valence-corrected chi connectivity index (χ3v) is 3.40. The molecule has 25 heavy (non-hydrogen) atoms. The molecular weight excluding hydrogens is 326 g/mol. The maximum atomic E-state index is 11.8. The number of fused-ring (bicyclic) bond motifs is 1. The highest BCUT2D eigenvalue weighted by atomic mass is 16.5. The third-order valence-electron chi connectivity index (χ3n) is 3.40. The molecule has 0 fully saturated rings. The van der Waals surface area contributed by atoms with E-state index in [4.69, 9.17) is 13.6 Å². The molecule has 0 radical (unpaired) electrons. The van der Waals surface area contributed by atoms with Crippen LogP contribution >= 0.6 is 0 Å². The van der Waals surface area contributed by atoms with E-state index < -0.39 is 11.9 Å². The van der Waals surface area contributed by atoms with Crippen molar-refractivity contribution < 1.29 is 27.9 Å². The van der Waals surface area contributed by atoms with Crippen molar-refractivity contribution in [3.05, 3.63) is 59.4 Å². The van der Waals surface area contributed by atoms with E-state index in [1.54, 1.807) is 13.0 Å². The largest absolute Gasteiger partial charge is 0.465 e. The van der Waals surface area contributed by atoms with Gasteiger partial charge >= 0.3 is 11.9 Å². The summed E-state index contributed by atoms with van der Waals surface area (Å²) in [7, 11) is 1.28. The Bertz CT molecular complexity index is 917. The number of ether oxygens (including phenoxy) is 2. The molecule has 3 rings (SSSR count). The van der Waals surface area contributed by atoms with Gasteiger partial charge in [-0.15, -0.1) is 0 Å². The number of furan rings is 1. The second-order valence-corrected chi connectivity index (χ2v) is 5.14. The molecule has 0 amide bonds. The maximum absolute atomic E-state index is 11.8. The molecule has 0 atom stereocenters. The second kappa shape index (κ2) is 7.04. The van der Waals surface area contributed by atoms with Gasteiger partial charge in [-0.05, 0) is 25.1 Å². The summed E-state index contributed by atoms with van der Waals surface area (Å²) in [5, 5.41) is 0. The number of oxazole rings is 1. The van der Waals surface area contributed by atoms with E-state index >= 15 is 0 Å². The van der Waals surface area contributed by atoms with E-state index in [1.807, 2.05) is 18.2 Å². The van der Waals surface area contributed by atoms with Gasteiger partial charge in [-0.2, -0.15) is 0 Å². The minimum atomic E-state index is -0.587. The number of rotatable bonds is 5. The molecule has 0 saturated heterocycles. The molecule has 0 aliphatic heterocycles. The zero-order valence-corrected chi connectivity index (χ0v) is 13.6. The standard InChI is InChI=1S/C18H15NO6/c1-11-13(18(21)22-2)9-12(24-11)10-23-17(20)8-7-16-19-14-5-3-4-6-15(14)25-16/h3-9H,10H2,1-2H3/b8-7+. The Balaban J connectivity index is 1.60. The first kappa shape index (κ1) is 16.5. The summed E-state index contributed by atoms with van der Waals surface area (Å²) in [6.45, 7) is 1.53. The fraction of sp³-hybridized carbons (Fsp3) is 0.167. The van der Waals surface area contributed by atoms with Crippen molar-refractivity contribution in [3.63, 3.8) is 0 Å². The Morgan fingerprint density at radius 2 is 2.04 bits per heavy atom. The number of hydrogen-bond acceptors (Lipinski definition) is 7. The van der Waals surface area contributed by atoms with Crippen molar-refractivity contribution in [1.82, 2.24) is 4.98 Å². The lowest BCUT2D eigenvalue weighted by atomic mass is 10.2. The molecule has 7 heteroatoms. The minimum absolute atomic E-state index is 0.103. The number of aromatic nitrogens is 1. The molecule has 0 aliphatic rings. The number of nitrogens with zero attached hydrogens (tertiary/aromatic N) is 1. The zero-order chi connectivity index (χ0) is 17.8. The van der Waals surface area contributed by atoms with Crippen molar-refractivity contribution >= 4 is 29.1 Å². The van der Waals surface area contributed by atoms with Crippen LogP contribution in [0.1, 0.15) is 27.8 Å². The summed E-state index contributed by atoms with van der Waals surface area (Å²) < 4.78 is 20.5. The van der Waals surface area contributed by atoms with Gasteiger partial charge in [0, 0.05) is 12.2 Å². The van der Waals surface area contributed by atoms with Gasteiger partial charge in [-0.3, -0.25) is 0 Å². The first-order valence-electron chi connectivity index (χ1n) is 7.45. The van der Waals surface area contributed by atoms with Gasteiger partial charge in [0.1, 0.15) is 29.2 Å². The fourth-order valence-electron chi connectivity index (χ4n) is 2.22. The summed E-state index contributed by atoms with van der Waals surface area (Å²) in [5.41, 5.74) is 1.64. The Kier molecular flexibility index (Phi) is 4.65. The number of methoxy groups -OCH3 is 1. The molecular formula is C18H15NO6. The van der Waals surface area contributed by atoms with Gasteiger partial charge in [0.25, 0.3) is 0 Å². The van der Waals surface area contributed by atoms with Crippen LogP contribution in [0.25, 0.3) is 17.2 Å². The summed E-state index contributed by atoms with van der Waals surface area (Å²) in [6.07, 6.45) is 2.64. The van der Waals surface area contributed by atoms with Crippen LogP contribution in [-0.2, 0) is 20.9 Å². The monoisotopic (exact) mass is 341 g/mol. The molecule has 7 nitrogen and oxygen atoms in total. The molecule has 0 spiro atoms. The van der Waals surface area contributed by atoms with E-state index in [-0.39, 0.29) is 6.61 Å². The van der Waals surface area contributed by atoms with Crippen LogP contribution in [0, 0.1) is 6.92 Å². The lowest BCUT2D eigenvalue weighted by molar-refractivity contribution is -0.139. The first-order valence-corrected chi connectivity index (χ1v) is 7.45. The highest BCUT2D eigenvalue weighted by Crippen LogP contribution is 2.17. The van der Waals surface area contributed by atoms with Crippen molar-refractivity contribution in [1.29, 1.82) is 0 Å². The van der Waals surface area contributed by atoms with E-state index in [9.17, 15) is 9.59 Å². The van der Waals surface area contributed by atoms with Gasteiger partial charge in [0.15, 0.2) is 5.58 Å². The number of hydrogen-bond donors (Lipinski definition) is 0. The Labute approximate surface area is 142 Å². The number of aryl methyl sites for hydroxylation is 1. The molecule has 1 aromatic carbocycles. The zero-order valence-electron chi connectivity index (χ0n) is 13.6. The van der Waals surface area contributed by atoms with Crippen molar-refractivity contribution in [2.45, 2.75) is 13.5 Å². The predicted molar refractivity (Wildman–Crippen MR) is 87.6 cm³/mol. The van der Waals surface area contributed by atoms with Gasteiger partial charge < -0.3 is 18.3 Å². The van der Waals surface area contributed by atoms with Gasteiger partial charge in [0.2, 0.25) is 5.89 Å². The summed E-state index contributed by atoms with van der Waals surface area (Å²) in [4.78, 5) is 27.5. The third kappa shape index (κ3) is 3.77. The predicted octanol–water partition coefficient (Wildman–Crippen LogP) is 3.27. The second-order valence-electron chi connectivity index (χ2n) is 5.14. The topological polar surface area (TPSA) is 91.8 Å². The van der Waals surface area contributed by atoms with Crippen LogP contribution in [-0.4, -0.2) is 24.0 Å². The molecule has 2 aromatic heterocycles. The molecule has 128 valence electrons. The lowest BCUT2D eigenvalue weighted by Crippen LogP contribution is -2.01. The number of para-hydroxylation sites is 2. The van der Waals surface area contributed by atoms with E-state index in [1.165, 1.54) is 25.3 Å². The van der Waals surface area contributed by atoms with Crippen molar-refractivity contribution in [3.8, 4) is 0 Å². The van der Waals surface area contributed by atoms with Crippen molar-refractivity contribution in [2.75, 3.05) is 7.11 Å². The Morgan fingerprint density at radius 1 is 1.24 bits per heavy atom. The number of esters is 2. The van der Waals surface area contributed by atoms with E-state index in [2.05, 4.69) is 9.72 Å². The molecule has 2 heterocycles. The van der Waals surface area contributed by atoms with Crippen LogP contribution in [0.3, 0.4) is 0 Å². The summed E-state index contributed by atoms with van der Waals surface area (Å²) in [5.74, 6) is -0.0352. The summed E-state index contributed by atoms with van der Waals surface area (Å²) in [6, 6.07) is 8.77. The molecule has 0 unspecified atom stereocenters. The van der Waals surface area contributed by atoms with Crippen LogP contribution < -0.4 is 0 Å². The molecule has 0 saturated carbocycles. The number of carbonyl (C=O) groups is 2. The molecule has 0 N–H and O–H groups in total. The number of carbonyl (C=O) groups excluding carboxylic acids is 2. The van der Waals surface area contributed by atoms with Crippen LogP contribution in [0.5, 0.6) is 0 Å². The van der Waals surface area contributed by atoms with Gasteiger partial charge in [0.05, 0.1) is 7.11 Å². The quantitative estimate of drug-likeness (QED) is 0.519. The van der Waals surface area contributed by atoms with Gasteiger partial charge in [-0.25, -0.2) is 14.6 Å². The lowest BCUT2D eigenvalue weighted by Gasteiger charge is -1.97. The molecule has 3 aromatic rings. The molecule has 0 bridgehead atoms. The Hall–Kier alpha value is -3.35. The smallest absolute Gasteiger partial charge is 0.341 e. The average molecular weight is 341 g/mol. The Morgan fingerprint density at radius 3 is 2.80 bits per heavy atom. The summed E-state index contributed by atoms with van der Waals surface area (Å²) >= 11 is 0. The van der Waals surface area contributed by atoms with E-state index in [0.29, 0.717) is 34.1 Å². The van der Waals surface area contributed by atoms with Crippen LogP contribution in [0.2, 0.25) is 0 Å². The highest BCUT2D eigenvalue weighted by Gasteiger charge is 2.16. The minimum Gasteiger partial charge on any atom is -0.465 e. The normalized spacial score (nSPS) is 11.1. The maximum Gasteiger partial charge on any atom is 0.341 e. The fourth-order valence-corrected chi connectivity index (χ4v) is 2.22. The number of benzene rings is 1. The first-order chi connectivity index (χ1) is 12.1. The van der Waals surface area contributed by atoms with Gasteiger partial charge in [-0.1, -0.05) is 12.1 Å². The van der Waals surface area contributed by atoms with E-state index in [0.717, 1.165) is 0 Å².